The Balaban J connectivity index is 2.31. The first kappa shape index (κ1) is 27.0. The van der Waals surface area contributed by atoms with E-state index < -0.39 is 43.6 Å². The lowest BCUT2D eigenvalue weighted by atomic mass is 9.95. The maximum Gasteiger partial charge on any atom is 0.340 e. The first-order chi connectivity index (χ1) is 16.5. The molecule has 1 unspecified atom stereocenters. The molecule has 0 bridgehead atoms. The largest absolute Gasteiger partial charge is 0.464 e. The van der Waals surface area contributed by atoms with Crippen LogP contribution in [0.1, 0.15) is 46.0 Å². The molecule has 1 aliphatic heterocycles. The average molecular weight is 530 g/mol. The quantitative estimate of drug-likeness (QED) is 0.471. The van der Waals surface area contributed by atoms with Gasteiger partial charge in [-0.1, -0.05) is 41.9 Å². The molecule has 0 amide bonds. The summed E-state index contributed by atoms with van der Waals surface area (Å²) in [6.45, 7) is 2.89. The van der Waals surface area contributed by atoms with Crippen molar-refractivity contribution in [1.82, 2.24) is 14.1 Å². The monoisotopic (exact) mass is 529 g/mol. The second-order valence-electron chi connectivity index (χ2n) is 8.21. The fourth-order valence-electron chi connectivity index (χ4n) is 4.21. The number of nitrogens with one attached hydrogen (secondary N) is 1. The zero-order valence-corrected chi connectivity index (χ0v) is 21.6. The van der Waals surface area contributed by atoms with E-state index >= 15 is 0 Å². The van der Waals surface area contributed by atoms with E-state index in [1.165, 1.54) is 31.2 Å². The lowest BCUT2D eigenvalue weighted by Gasteiger charge is -2.33. The van der Waals surface area contributed by atoms with Crippen LogP contribution in [0.2, 0.25) is 0 Å². The van der Waals surface area contributed by atoms with E-state index in [0.717, 1.165) is 25.5 Å². The highest BCUT2D eigenvalue weighted by molar-refractivity contribution is 7.91. The third-order valence-electron chi connectivity index (χ3n) is 5.68. The maximum absolute atomic E-state index is 13.8. The molecule has 0 aromatic heterocycles. The Labute approximate surface area is 206 Å². The number of benzene rings is 1. The number of rotatable bonds is 9. The number of carbonyl (C=O) groups is 2. The highest BCUT2D eigenvalue weighted by Gasteiger charge is 2.56. The molecule has 1 atom stereocenters. The molecule has 1 aliphatic carbocycles. The van der Waals surface area contributed by atoms with Gasteiger partial charge in [0.1, 0.15) is 11.4 Å². The van der Waals surface area contributed by atoms with Gasteiger partial charge in [0.25, 0.3) is 10.0 Å². The molecule has 0 saturated heterocycles. The Bertz CT molecular complexity index is 1180. The van der Waals surface area contributed by atoms with E-state index in [-0.39, 0.29) is 30.0 Å². The predicted molar refractivity (Wildman–Crippen MR) is 126 cm³/mol. The molecule has 1 N–H and O–H groups in total. The molecular formula is C22H31N3O8S2. The van der Waals surface area contributed by atoms with Gasteiger partial charge in [-0.3, -0.25) is 0 Å². The van der Waals surface area contributed by atoms with Gasteiger partial charge in [-0.05, 0) is 38.8 Å². The Kier molecular flexibility index (Phi) is 8.44. The fraction of sp³-hybridized carbons (Fsp3) is 0.545. The fourth-order valence-corrected chi connectivity index (χ4v) is 7.16. The molecular weight excluding hydrogens is 498 g/mol. The predicted octanol–water partition coefficient (Wildman–Crippen LogP) is 1.50. The summed E-state index contributed by atoms with van der Waals surface area (Å²) in [6, 6.07) is 5.07. The SMILES string of the molecule is CCOC(=O)C1=C(NC2CCCCC2)N(S(=O)(=O)c2ccccc2)N(S(C)(=O)=O)C1C(=O)OCC. The molecule has 1 heterocycles. The molecule has 0 spiro atoms. The van der Waals surface area contributed by atoms with Crippen LogP contribution in [0, 0.1) is 0 Å². The number of hydrogen-bond acceptors (Lipinski definition) is 9. The summed E-state index contributed by atoms with van der Waals surface area (Å²) in [6.07, 6.45) is 4.89. The van der Waals surface area contributed by atoms with Crippen LogP contribution in [0.4, 0.5) is 0 Å². The van der Waals surface area contributed by atoms with Gasteiger partial charge in [0.15, 0.2) is 6.04 Å². The van der Waals surface area contributed by atoms with Crippen LogP contribution in [0.5, 0.6) is 0 Å². The van der Waals surface area contributed by atoms with Crippen molar-refractivity contribution in [3.63, 3.8) is 0 Å². The van der Waals surface area contributed by atoms with Gasteiger partial charge in [0, 0.05) is 6.04 Å². The lowest BCUT2D eigenvalue weighted by Crippen LogP contribution is -2.53. The van der Waals surface area contributed by atoms with Gasteiger partial charge in [-0.25, -0.2) is 18.0 Å². The Morgan fingerprint density at radius 1 is 0.971 bits per heavy atom. The van der Waals surface area contributed by atoms with Gasteiger partial charge >= 0.3 is 11.9 Å². The third-order valence-corrected chi connectivity index (χ3v) is 8.52. The van der Waals surface area contributed by atoms with Crippen molar-refractivity contribution in [2.75, 3.05) is 19.5 Å². The van der Waals surface area contributed by atoms with Crippen molar-refractivity contribution < 1.29 is 35.9 Å². The van der Waals surface area contributed by atoms with Gasteiger partial charge in [0.05, 0.1) is 24.4 Å². The molecule has 1 aromatic rings. The zero-order chi connectivity index (χ0) is 25.8. The van der Waals surface area contributed by atoms with Gasteiger partial charge < -0.3 is 14.8 Å². The highest BCUT2D eigenvalue weighted by Crippen LogP contribution is 2.37. The van der Waals surface area contributed by atoms with E-state index in [9.17, 15) is 26.4 Å². The molecule has 11 nitrogen and oxygen atoms in total. The lowest BCUT2D eigenvalue weighted by molar-refractivity contribution is -0.150. The number of hydrogen-bond donors (Lipinski definition) is 1. The van der Waals surface area contributed by atoms with Crippen molar-refractivity contribution in [3.05, 3.63) is 41.7 Å². The van der Waals surface area contributed by atoms with Crippen molar-refractivity contribution in [2.24, 2.45) is 0 Å². The molecule has 0 radical (unpaired) electrons. The first-order valence-corrected chi connectivity index (χ1v) is 14.8. The molecule has 1 aromatic carbocycles. The van der Waals surface area contributed by atoms with Crippen molar-refractivity contribution in [2.45, 2.75) is 62.9 Å². The van der Waals surface area contributed by atoms with Crippen LogP contribution in [-0.4, -0.2) is 69.2 Å². The van der Waals surface area contributed by atoms with E-state index in [1.807, 2.05) is 0 Å². The molecule has 35 heavy (non-hydrogen) atoms. The smallest absolute Gasteiger partial charge is 0.340 e. The van der Waals surface area contributed by atoms with Crippen LogP contribution in [0.15, 0.2) is 46.6 Å². The summed E-state index contributed by atoms with van der Waals surface area (Å²) in [5, 5.41) is 3.07. The summed E-state index contributed by atoms with van der Waals surface area (Å²) in [4.78, 5) is 26.0. The standard InChI is InChI=1S/C22H31N3O8S2/c1-4-32-21(26)18-19(22(27)33-5-2)24(34(3,28)29)25(20(18)23-16-12-8-6-9-13-16)35(30,31)17-14-10-7-11-15-17/h7,10-11,14-16,19,23H,4-6,8-9,12-13H2,1-3H3. The van der Waals surface area contributed by atoms with Crippen LogP contribution in [0.25, 0.3) is 0 Å². The molecule has 1 fully saturated rings. The van der Waals surface area contributed by atoms with Crippen molar-refractivity contribution in [1.29, 1.82) is 0 Å². The minimum Gasteiger partial charge on any atom is -0.464 e. The summed E-state index contributed by atoms with van der Waals surface area (Å²) < 4.78 is 64.8. The van der Waals surface area contributed by atoms with E-state index in [2.05, 4.69) is 5.32 Å². The van der Waals surface area contributed by atoms with Gasteiger partial charge in [0.2, 0.25) is 10.0 Å². The van der Waals surface area contributed by atoms with Crippen LogP contribution >= 0.6 is 0 Å². The van der Waals surface area contributed by atoms with Gasteiger partial charge in [-0.2, -0.15) is 12.8 Å². The number of esters is 2. The third kappa shape index (κ3) is 5.62. The topological polar surface area (TPSA) is 139 Å². The summed E-state index contributed by atoms with van der Waals surface area (Å²) in [5.74, 6) is -2.42. The average Bonchev–Trinajstić information content (AvgIpc) is 3.17. The Morgan fingerprint density at radius 2 is 1.57 bits per heavy atom. The normalized spacial score (nSPS) is 20.1. The second-order valence-corrected chi connectivity index (χ2v) is 11.8. The zero-order valence-electron chi connectivity index (χ0n) is 20.0. The molecule has 1 saturated carbocycles. The maximum atomic E-state index is 13.8. The van der Waals surface area contributed by atoms with E-state index in [0.29, 0.717) is 21.7 Å². The number of sulfonamides is 2. The summed E-state index contributed by atoms with van der Waals surface area (Å²) >= 11 is 0. The number of nitrogens with zero attached hydrogens (tertiary/aromatic N) is 2. The summed E-state index contributed by atoms with van der Waals surface area (Å²) in [5.41, 5.74) is -0.430. The van der Waals surface area contributed by atoms with Crippen LogP contribution in [-0.2, 0) is 39.1 Å². The van der Waals surface area contributed by atoms with E-state index in [4.69, 9.17) is 9.47 Å². The minimum absolute atomic E-state index is 0.0705. The number of ether oxygens (including phenoxy) is 2. The molecule has 2 aliphatic rings. The molecule has 3 rings (SSSR count). The Hall–Kier alpha value is -2.64. The summed E-state index contributed by atoms with van der Waals surface area (Å²) in [7, 11) is -9.01. The van der Waals surface area contributed by atoms with Crippen LogP contribution in [0.3, 0.4) is 0 Å². The van der Waals surface area contributed by atoms with Crippen molar-refractivity contribution in [3.8, 4) is 0 Å². The highest BCUT2D eigenvalue weighted by atomic mass is 32.2. The minimum atomic E-state index is -4.59. The van der Waals surface area contributed by atoms with Crippen LogP contribution < -0.4 is 5.32 Å². The molecule has 13 heteroatoms. The first-order valence-electron chi connectivity index (χ1n) is 11.5. The van der Waals surface area contributed by atoms with Gasteiger partial charge in [-0.15, -0.1) is 0 Å². The molecule has 194 valence electrons. The second kappa shape index (κ2) is 11.0. The Morgan fingerprint density at radius 3 is 2.11 bits per heavy atom. The number of carbonyl (C=O) groups excluding carboxylic acids is 2. The van der Waals surface area contributed by atoms with E-state index in [1.54, 1.807) is 13.0 Å². The number of hydrazine groups is 1. The van der Waals surface area contributed by atoms with Crippen molar-refractivity contribution >= 4 is 32.0 Å².